The summed E-state index contributed by atoms with van der Waals surface area (Å²) in [4.78, 5) is 10.6. The molecule has 2 rings (SSSR count). The van der Waals surface area contributed by atoms with Gasteiger partial charge >= 0.3 is 5.97 Å². The molecule has 2 fully saturated rings. The highest BCUT2D eigenvalue weighted by Gasteiger charge is 2.66. The number of carboxylic acid groups (broad SMARTS) is 1. The summed E-state index contributed by atoms with van der Waals surface area (Å²) >= 11 is 0. The van der Waals surface area contributed by atoms with Crippen molar-refractivity contribution >= 4 is 5.97 Å². The minimum atomic E-state index is -0.577. The van der Waals surface area contributed by atoms with Crippen LogP contribution in [0.4, 0.5) is 0 Å². The molecular weight excluding hydrogens is 128 g/mol. The normalized spacial score (nSPS) is 50.5. The summed E-state index contributed by atoms with van der Waals surface area (Å²) in [5.74, 6) is -0.0570. The molecule has 0 aromatic carbocycles. The van der Waals surface area contributed by atoms with E-state index >= 15 is 0 Å². The number of hydrogen-bond donors (Lipinski definition) is 1. The van der Waals surface area contributed by atoms with Crippen LogP contribution in [-0.2, 0) is 4.79 Å². The molecule has 10 heavy (non-hydrogen) atoms. The average Bonchev–Trinajstić information content (AvgIpc) is 2.22. The van der Waals surface area contributed by atoms with Crippen molar-refractivity contribution in [2.45, 2.75) is 26.2 Å². The van der Waals surface area contributed by atoms with Gasteiger partial charge in [-0.15, -0.1) is 0 Å². The lowest BCUT2D eigenvalue weighted by Crippen LogP contribution is -2.07. The number of rotatable bonds is 1. The lowest BCUT2D eigenvalue weighted by molar-refractivity contribution is -0.139. The van der Waals surface area contributed by atoms with E-state index in [2.05, 4.69) is 6.92 Å². The molecule has 1 N–H and O–H groups in total. The SMILES string of the molecule is C[C@]12CCC[C@@H]1[C@@H]2C(=O)O. The van der Waals surface area contributed by atoms with Gasteiger partial charge in [-0.05, 0) is 24.2 Å². The van der Waals surface area contributed by atoms with Crippen molar-refractivity contribution in [2.75, 3.05) is 0 Å². The van der Waals surface area contributed by atoms with E-state index < -0.39 is 5.97 Å². The molecule has 2 nitrogen and oxygen atoms in total. The van der Waals surface area contributed by atoms with E-state index in [0.29, 0.717) is 5.92 Å². The minimum Gasteiger partial charge on any atom is -0.481 e. The Kier molecular flexibility index (Phi) is 0.960. The van der Waals surface area contributed by atoms with Gasteiger partial charge < -0.3 is 5.11 Å². The van der Waals surface area contributed by atoms with E-state index in [4.69, 9.17) is 5.11 Å². The van der Waals surface area contributed by atoms with Crippen LogP contribution < -0.4 is 0 Å². The van der Waals surface area contributed by atoms with Crippen molar-refractivity contribution in [3.05, 3.63) is 0 Å². The fourth-order valence-electron chi connectivity index (χ4n) is 2.66. The molecule has 0 aromatic rings. The van der Waals surface area contributed by atoms with E-state index in [9.17, 15) is 4.79 Å². The van der Waals surface area contributed by atoms with Crippen molar-refractivity contribution < 1.29 is 9.90 Å². The first-order valence-electron chi connectivity index (χ1n) is 3.89. The summed E-state index contributed by atoms with van der Waals surface area (Å²) in [6.07, 6.45) is 3.52. The van der Waals surface area contributed by atoms with Gasteiger partial charge in [0, 0.05) is 0 Å². The Balaban J connectivity index is 2.15. The first kappa shape index (κ1) is 6.20. The molecule has 0 unspecified atom stereocenters. The number of carboxylic acids is 1. The van der Waals surface area contributed by atoms with Crippen molar-refractivity contribution in [1.29, 1.82) is 0 Å². The van der Waals surface area contributed by atoms with Crippen LogP contribution in [-0.4, -0.2) is 11.1 Å². The van der Waals surface area contributed by atoms with Gasteiger partial charge in [0.2, 0.25) is 0 Å². The lowest BCUT2D eigenvalue weighted by Gasteiger charge is -2.02. The lowest BCUT2D eigenvalue weighted by atomic mass is 10.0. The summed E-state index contributed by atoms with van der Waals surface area (Å²) < 4.78 is 0. The molecule has 3 atom stereocenters. The van der Waals surface area contributed by atoms with Gasteiger partial charge in [0.1, 0.15) is 0 Å². The second-order valence-electron chi connectivity index (χ2n) is 3.82. The Morgan fingerprint density at radius 1 is 1.70 bits per heavy atom. The highest BCUT2D eigenvalue weighted by atomic mass is 16.4. The summed E-state index contributed by atoms with van der Waals surface area (Å²) in [6.45, 7) is 2.11. The third kappa shape index (κ3) is 0.522. The van der Waals surface area contributed by atoms with E-state index in [1.54, 1.807) is 0 Å². The van der Waals surface area contributed by atoms with Crippen LogP contribution in [0.3, 0.4) is 0 Å². The predicted molar refractivity (Wildman–Crippen MR) is 36.6 cm³/mol. The van der Waals surface area contributed by atoms with Gasteiger partial charge in [0.05, 0.1) is 5.92 Å². The van der Waals surface area contributed by atoms with Crippen LogP contribution >= 0.6 is 0 Å². The maximum atomic E-state index is 10.6. The summed E-state index contributed by atoms with van der Waals surface area (Å²) in [7, 11) is 0. The highest BCUT2D eigenvalue weighted by molar-refractivity contribution is 5.75. The Bertz CT molecular complexity index is 188. The molecule has 0 spiro atoms. The highest BCUT2D eigenvalue weighted by Crippen LogP contribution is 2.68. The van der Waals surface area contributed by atoms with E-state index in [1.807, 2.05) is 0 Å². The maximum Gasteiger partial charge on any atom is 0.307 e. The number of hydrogen-bond acceptors (Lipinski definition) is 1. The molecule has 2 aliphatic rings. The first-order chi connectivity index (χ1) is 4.66. The van der Waals surface area contributed by atoms with Gasteiger partial charge in [0.25, 0.3) is 0 Å². The van der Waals surface area contributed by atoms with Crippen LogP contribution in [0.5, 0.6) is 0 Å². The molecule has 0 radical (unpaired) electrons. The van der Waals surface area contributed by atoms with Crippen molar-refractivity contribution in [3.63, 3.8) is 0 Å². The zero-order chi connectivity index (χ0) is 7.35. The molecule has 0 aliphatic heterocycles. The zero-order valence-electron chi connectivity index (χ0n) is 6.13. The van der Waals surface area contributed by atoms with Gasteiger partial charge in [0.15, 0.2) is 0 Å². The monoisotopic (exact) mass is 140 g/mol. The number of aliphatic carboxylic acids is 1. The quantitative estimate of drug-likeness (QED) is 0.599. The average molecular weight is 140 g/mol. The fourth-order valence-corrected chi connectivity index (χ4v) is 2.66. The van der Waals surface area contributed by atoms with Crippen LogP contribution in [0.2, 0.25) is 0 Å². The fraction of sp³-hybridized carbons (Fsp3) is 0.875. The van der Waals surface area contributed by atoms with Crippen LogP contribution in [0.1, 0.15) is 26.2 Å². The molecule has 2 heteroatoms. The Hall–Kier alpha value is -0.530. The van der Waals surface area contributed by atoms with Gasteiger partial charge in [-0.3, -0.25) is 4.79 Å². The second-order valence-corrected chi connectivity index (χ2v) is 3.82. The third-order valence-electron chi connectivity index (χ3n) is 3.35. The molecule has 0 aromatic heterocycles. The van der Waals surface area contributed by atoms with Crippen LogP contribution in [0.15, 0.2) is 0 Å². The Morgan fingerprint density at radius 3 is 2.70 bits per heavy atom. The molecular formula is C8H12O2. The van der Waals surface area contributed by atoms with Crippen LogP contribution in [0.25, 0.3) is 0 Å². The van der Waals surface area contributed by atoms with Crippen molar-refractivity contribution in [3.8, 4) is 0 Å². The molecule has 2 saturated carbocycles. The maximum absolute atomic E-state index is 10.6. The topological polar surface area (TPSA) is 37.3 Å². The molecule has 0 heterocycles. The molecule has 0 amide bonds. The smallest absolute Gasteiger partial charge is 0.307 e. The molecule has 0 saturated heterocycles. The van der Waals surface area contributed by atoms with E-state index in [-0.39, 0.29) is 11.3 Å². The second kappa shape index (κ2) is 1.55. The summed E-state index contributed by atoms with van der Waals surface area (Å²) in [5, 5.41) is 8.72. The largest absolute Gasteiger partial charge is 0.481 e. The van der Waals surface area contributed by atoms with Crippen molar-refractivity contribution in [1.82, 2.24) is 0 Å². The van der Waals surface area contributed by atoms with Crippen molar-refractivity contribution in [2.24, 2.45) is 17.3 Å². The third-order valence-corrected chi connectivity index (χ3v) is 3.35. The first-order valence-corrected chi connectivity index (χ1v) is 3.89. The number of carbonyl (C=O) groups is 1. The van der Waals surface area contributed by atoms with Gasteiger partial charge in [-0.1, -0.05) is 13.3 Å². The minimum absolute atomic E-state index is 0.00116. The van der Waals surface area contributed by atoms with Crippen LogP contribution in [0, 0.1) is 17.3 Å². The Labute approximate surface area is 60.2 Å². The zero-order valence-corrected chi connectivity index (χ0v) is 6.13. The molecule has 56 valence electrons. The standard InChI is InChI=1S/C8H12O2/c1-8-4-2-3-5(8)6(8)7(9)10/h5-6H,2-4H2,1H3,(H,9,10)/t5-,6-,8+/m1/s1. The summed E-state index contributed by atoms with van der Waals surface area (Å²) in [6, 6.07) is 0. The molecule has 2 aliphatic carbocycles. The number of fused-ring (bicyclic) bond motifs is 1. The Morgan fingerprint density at radius 2 is 2.40 bits per heavy atom. The van der Waals surface area contributed by atoms with E-state index in [0.717, 1.165) is 12.8 Å². The van der Waals surface area contributed by atoms with Gasteiger partial charge in [-0.25, -0.2) is 0 Å². The predicted octanol–water partition coefficient (Wildman–Crippen LogP) is 1.51. The summed E-state index contributed by atoms with van der Waals surface area (Å²) in [5.41, 5.74) is 0.200. The molecule has 0 bridgehead atoms. The van der Waals surface area contributed by atoms with E-state index in [1.165, 1.54) is 6.42 Å². The van der Waals surface area contributed by atoms with Gasteiger partial charge in [-0.2, -0.15) is 0 Å².